The fraction of sp³-hybridized carbons (Fsp3) is 0.190. The molecule has 3 aromatic rings. The Balaban J connectivity index is 1.74. The maximum atomic E-state index is 14.2. The standard InChI is InChI=1S/C21H15F5N4O2/c1-20(32,21(24,25)26)10-5-7-11(8-6-10)28-18-16-14(9-27-19(16)31)29-17(30-18)15-12(22)3-2-4-13(15)23/h2-8,32H,9H2,1H3,(H,27,31)(H,28,29,30)/t20-/m1/s1. The van der Waals surface area contributed by atoms with Crippen LogP contribution in [-0.4, -0.2) is 27.2 Å². The first-order chi connectivity index (χ1) is 15.0. The zero-order chi connectivity index (χ0) is 23.3. The predicted molar refractivity (Wildman–Crippen MR) is 104 cm³/mol. The first kappa shape index (κ1) is 21.6. The number of fused-ring (bicyclic) bond motifs is 1. The molecule has 4 rings (SSSR count). The van der Waals surface area contributed by atoms with Gasteiger partial charge in [0.25, 0.3) is 5.91 Å². The highest BCUT2D eigenvalue weighted by Gasteiger charge is 2.51. The van der Waals surface area contributed by atoms with Gasteiger partial charge in [-0.3, -0.25) is 4.79 Å². The Morgan fingerprint density at radius 2 is 1.62 bits per heavy atom. The third-order valence-electron chi connectivity index (χ3n) is 5.08. The predicted octanol–water partition coefficient (Wildman–Crippen LogP) is 4.18. The summed E-state index contributed by atoms with van der Waals surface area (Å²) < 4.78 is 67.6. The number of nitrogens with one attached hydrogen (secondary N) is 2. The molecule has 6 nitrogen and oxygen atoms in total. The lowest BCUT2D eigenvalue weighted by Gasteiger charge is -2.26. The number of aromatic nitrogens is 2. The zero-order valence-electron chi connectivity index (χ0n) is 16.4. The van der Waals surface area contributed by atoms with Crippen molar-refractivity contribution in [3.8, 4) is 11.4 Å². The molecule has 0 unspecified atom stereocenters. The number of benzene rings is 2. The van der Waals surface area contributed by atoms with Crippen molar-refractivity contribution in [1.29, 1.82) is 0 Å². The van der Waals surface area contributed by atoms with Gasteiger partial charge in [-0.25, -0.2) is 18.7 Å². The third kappa shape index (κ3) is 3.64. The van der Waals surface area contributed by atoms with Crippen LogP contribution < -0.4 is 10.6 Å². The molecule has 2 heterocycles. The van der Waals surface area contributed by atoms with Crippen LogP contribution in [0.5, 0.6) is 0 Å². The molecule has 2 aromatic carbocycles. The summed E-state index contributed by atoms with van der Waals surface area (Å²) in [6, 6.07) is 7.89. The maximum absolute atomic E-state index is 14.2. The molecular formula is C21H15F5N4O2. The molecule has 0 aliphatic carbocycles. The Labute approximate surface area is 178 Å². The van der Waals surface area contributed by atoms with Gasteiger partial charge in [-0.05, 0) is 36.8 Å². The van der Waals surface area contributed by atoms with Crippen molar-refractivity contribution in [3.05, 3.63) is 70.9 Å². The molecule has 32 heavy (non-hydrogen) atoms. The number of halogens is 5. The molecule has 1 aliphatic rings. The fourth-order valence-electron chi connectivity index (χ4n) is 3.22. The van der Waals surface area contributed by atoms with E-state index in [9.17, 15) is 31.9 Å². The third-order valence-corrected chi connectivity index (χ3v) is 5.08. The molecule has 0 spiro atoms. The Morgan fingerprint density at radius 3 is 2.22 bits per heavy atom. The van der Waals surface area contributed by atoms with E-state index in [1.54, 1.807) is 0 Å². The molecule has 1 amide bonds. The lowest BCUT2D eigenvalue weighted by Crippen LogP contribution is -2.39. The van der Waals surface area contributed by atoms with Crippen LogP contribution >= 0.6 is 0 Å². The van der Waals surface area contributed by atoms with Gasteiger partial charge in [-0.1, -0.05) is 18.2 Å². The molecule has 1 aromatic heterocycles. The number of anilines is 2. The van der Waals surface area contributed by atoms with E-state index >= 15 is 0 Å². The van der Waals surface area contributed by atoms with Crippen LogP contribution in [0.1, 0.15) is 28.5 Å². The van der Waals surface area contributed by atoms with E-state index < -0.39 is 40.4 Å². The van der Waals surface area contributed by atoms with Crippen molar-refractivity contribution in [2.45, 2.75) is 25.2 Å². The SMILES string of the molecule is C[C@@](O)(c1ccc(Nc2nc(-c3c(F)cccc3F)nc3c2C(=O)NC3)cc1)C(F)(F)F. The van der Waals surface area contributed by atoms with E-state index in [1.807, 2.05) is 0 Å². The van der Waals surface area contributed by atoms with Crippen LogP contribution in [-0.2, 0) is 12.1 Å². The van der Waals surface area contributed by atoms with Gasteiger partial charge in [0, 0.05) is 5.69 Å². The number of rotatable bonds is 4. The van der Waals surface area contributed by atoms with Crippen LogP contribution in [0.3, 0.4) is 0 Å². The van der Waals surface area contributed by atoms with Crippen LogP contribution in [0, 0.1) is 11.6 Å². The van der Waals surface area contributed by atoms with Crippen molar-refractivity contribution < 1.29 is 31.9 Å². The van der Waals surface area contributed by atoms with E-state index in [2.05, 4.69) is 20.6 Å². The summed E-state index contributed by atoms with van der Waals surface area (Å²) >= 11 is 0. The number of nitrogens with zero attached hydrogens (tertiary/aromatic N) is 2. The first-order valence-corrected chi connectivity index (χ1v) is 9.29. The number of amides is 1. The minimum atomic E-state index is -4.88. The van der Waals surface area contributed by atoms with Crippen LogP contribution in [0.25, 0.3) is 11.4 Å². The highest BCUT2D eigenvalue weighted by atomic mass is 19.4. The summed E-state index contributed by atoms with van der Waals surface area (Å²) in [7, 11) is 0. The van der Waals surface area contributed by atoms with Gasteiger partial charge in [0.2, 0.25) is 0 Å². The lowest BCUT2D eigenvalue weighted by atomic mass is 9.95. The number of carbonyl (C=O) groups excluding carboxylic acids is 1. The number of hydrogen-bond donors (Lipinski definition) is 3. The van der Waals surface area contributed by atoms with E-state index in [1.165, 1.54) is 18.2 Å². The quantitative estimate of drug-likeness (QED) is 0.520. The molecule has 166 valence electrons. The summed E-state index contributed by atoms with van der Waals surface area (Å²) in [6.45, 7) is 0.647. The van der Waals surface area contributed by atoms with Crippen LogP contribution in [0.15, 0.2) is 42.5 Å². The lowest BCUT2D eigenvalue weighted by molar-refractivity contribution is -0.258. The summed E-state index contributed by atoms with van der Waals surface area (Å²) in [5.74, 6) is -2.67. The maximum Gasteiger partial charge on any atom is 0.421 e. The molecule has 11 heteroatoms. The summed E-state index contributed by atoms with van der Waals surface area (Å²) in [6.07, 6.45) is -4.88. The van der Waals surface area contributed by atoms with E-state index in [-0.39, 0.29) is 35.1 Å². The molecule has 1 atom stereocenters. The van der Waals surface area contributed by atoms with Crippen molar-refractivity contribution in [2.24, 2.45) is 0 Å². The number of aliphatic hydroxyl groups is 1. The summed E-state index contributed by atoms with van der Waals surface area (Å²) in [4.78, 5) is 20.4. The topological polar surface area (TPSA) is 87.1 Å². The van der Waals surface area contributed by atoms with E-state index in [0.717, 1.165) is 24.3 Å². The summed E-state index contributed by atoms with van der Waals surface area (Å²) in [5.41, 5.74) is -3.44. The minimum absolute atomic E-state index is 0.0157. The van der Waals surface area contributed by atoms with Gasteiger partial charge in [0.15, 0.2) is 11.4 Å². The molecule has 0 saturated carbocycles. The van der Waals surface area contributed by atoms with E-state index in [4.69, 9.17) is 0 Å². The number of carbonyl (C=O) groups is 1. The first-order valence-electron chi connectivity index (χ1n) is 9.29. The second kappa shape index (κ2) is 7.52. The van der Waals surface area contributed by atoms with Gasteiger partial charge < -0.3 is 15.7 Å². The smallest absolute Gasteiger partial charge is 0.376 e. The average Bonchev–Trinajstić information content (AvgIpc) is 3.08. The Kier molecular flexibility index (Phi) is 5.08. The monoisotopic (exact) mass is 450 g/mol. The number of hydrogen-bond acceptors (Lipinski definition) is 5. The van der Waals surface area contributed by atoms with Crippen LogP contribution in [0.4, 0.5) is 33.5 Å². The summed E-state index contributed by atoms with van der Waals surface area (Å²) in [5, 5.41) is 15.1. The van der Waals surface area contributed by atoms with Crippen molar-refractivity contribution in [3.63, 3.8) is 0 Å². The van der Waals surface area contributed by atoms with Gasteiger partial charge in [-0.15, -0.1) is 0 Å². The number of alkyl halides is 3. The second-order valence-electron chi connectivity index (χ2n) is 7.27. The van der Waals surface area contributed by atoms with Crippen molar-refractivity contribution in [1.82, 2.24) is 15.3 Å². The largest absolute Gasteiger partial charge is 0.421 e. The Bertz CT molecular complexity index is 1190. The second-order valence-corrected chi connectivity index (χ2v) is 7.27. The highest BCUT2D eigenvalue weighted by molar-refractivity contribution is 6.03. The van der Waals surface area contributed by atoms with Gasteiger partial charge in [-0.2, -0.15) is 13.2 Å². The molecular weight excluding hydrogens is 435 g/mol. The molecule has 0 fully saturated rings. The molecule has 0 radical (unpaired) electrons. The zero-order valence-corrected chi connectivity index (χ0v) is 16.4. The molecule has 1 aliphatic heterocycles. The normalized spacial score (nSPS) is 15.2. The van der Waals surface area contributed by atoms with Crippen LogP contribution in [0.2, 0.25) is 0 Å². The highest BCUT2D eigenvalue weighted by Crippen LogP contribution is 2.39. The Hall–Kier alpha value is -3.60. The molecule has 3 N–H and O–H groups in total. The van der Waals surface area contributed by atoms with Crippen molar-refractivity contribution in [2.75, 3.05) is 5.32 Å². The van der Waals surface area contributed by atoms with E-state index in [0.29, 0.717) is 6.92 Å². The minimum Gasteiger partial charge on any atom is -0.376 e. The average molecular weight is 450 g/mol. The molecule has 0 bridgehead atoms. The van der Waals surface area contributed by atoms with Gasteiger partial charge in [0.05, 0.1) is 17.8 Å². The van der Waals surface area contributed by atoms with Crippen molar-refractivity contribution >= 4 is 17.4 Å². The van der Waals surface area contributed by atoms with Gasteiger partial charge in [0.1, 0.15) is 23.0 Å². The Morgan fingerprint density at radius 1 is 1.00 bits per heavy atom. The molecule has 0 saturated heterocycles. The van der Waals surface area contributed by atoms with Gasteiger partial charge >= 0.3 is 6.18 Å². The fourth-order valence-corrected chi connectivity index (χ4v) is 3.22.